The predicted molar refractivity (Wildman–Crippen MR) is 89.7 cm³/mol. The maximum Gasteiger partial charge on any atom is 0.225 e. The molecule has 0 spiro atoms. The van der Waals surface area contributed by atoms with Gasteiger partial charge in [0.1, 0.15) is 11.4 Å². The lowest BCUT2D eigenvalue weighted by molar-refractivity contribution is -0.121. The summed E-state index contributed by atoms with van der Waals surface area (Å²) in [5.74, 6) is -0.0615. The van der Waals surface area contributed by atoms with E-state index in [9.17, 15) is 9.90 Å². The van der Waals surface area contributed by atoms with E-state index in [1.165, 1.54) is 0 Å². The molecule has 0 bridgehead atoms. The van der Waals surface area contributed by atoms with E-state index in [0.29, 0.717) is 11.3 Å². The molecule has 0 aliphatic carbocycles. The molecule has 0 aliphatic heterocycles. The Kier molecular flexibility index (Phi) is 4.56. The third-order valence-corrected chi connectivity index (χ3v) is 3.70. The number of nitrogens with zero attached hydrogens (tertiary/aromatic N) is 3. The van der Waals surface area contributed by atoms with Crippen molar-refractivity contribution < 1.29 is 9.90 Å². The molecule has 2 aromatic carbocycles. The van der Waals surface area contributed by atoms with Crippen molar-refractivity contribution in [3.63, 3.8) is 0 Å². The Morgan fingerprint density at radius 1 is 1.17 bits per heavy atom. The number of aromatic nitrogens is 3. The number of hydrogen-bond acceptors (Lipinski definition) is 4. The number of hydrogen-bond donors (Lipinski definition) is 2. The Bertz CT molecular complexity index is 830. The highest BCUT2D eigenvalue weighted by atomic mass is 16.3. The van der Waals surface area contributed by atoms with Crippen molar-refractivity contribution in [2.24, 2.45) is 0 Å². The van der Waals surface area contributed by atoms with Gasteiger partial charge in [-0.15, -0.1) is 5.10 Å². The summed E-state index contributed by atoms with van der Waals surface area (Å²) >= 11 is 0. The molecule has 1 atom stereocenters. The zero-order chi connectivity index (χ0) is 16.9. The number of phenols is 1. The summed E-state index contributed by atoms with van der Waals surface area (Å²) in [7, 11) is 0. The molecule has 1 unspecified atom stereocenters. The van der Waals surface area contributed by atoms with Crippen LogP contribution in [0.4, 0.5) is 0 Å². The Morgan fingerprint density at radius 2 is 1.88 bits per heavy atom. The highest BCUT2D eigenvalue weighted by molar-refractivity contribution is 5.79. The van der Waals surface area contributed by atoms with E-state index in [1.807, 2.05) is 37.3 Å². The monoisotopic (exact) mass is 322 g/mol. The van der Waals surface area contributed by atoms with Gasteiger partial charge in [0.2, 0.25) is 5.91 Å². The number of phenolic OH excluding ortho intramolecular Hbond substituents is 1. The van der Waals surface area contributed by atoms with E-state index in [1.54, 1.807) is 35.1 Å². The molecule has 122 valence electrons. The number of benzene rings is 2. The Balaban J connectivity index is 1.65. The van der Waals surface area contributed by atoms with Gasteiger partial charge in [-0.05, 0) is 25.1 Å². The molecule has 24 heavy (non-hydrogen) atoms. The molecule has 0 aliphatic rings. The lowest BCUT2D eigenvalue weighted by atomic mass is 10.1. The van der Waals surface area contributed by atoms with Gasteiger partial charge in [0, 0.05) is 5.56 Å². The fourth-order valence-corrected chi connectivity index (χ4v) is 2.38. The minimum Gasteiger partial charge on any atom is -0.508 e. The van der Waals surface area contributed by atoms with E-state index >= 15 is 0 Å². The molecule has 0 radical (unpaired) electrons. The number of aromatic hydroxyl groups is 1. The van der Waals surface area contributed by atoms with Gasteiger partial charge in [-0.25, -0.2) is 4.68 Å². The highest BCUT2D eigenvalue weighted by Crippen LogP contribution is 2.17. The molecule has 6 heteroatoms. The number of carbonyl (C=O) groups is 1. The van der Waals surface area contributed by atoms with Crippen LogP contribution < -0.4 is 5.32 Å². The van der Waals surface area contributed by atoms with Gasteiger partial charge in [0.15, 0.2) is 0 Å². The summed E-state index contributed by atoms with van der Waals surface area (Å²) in [4.78, 5) is 12.1. The standard InChI is InChI=1S/C18H18N4O2/c1-13(19-18(24)11-14-7-5-6-10-17(14)23)16-12-22(21-20-16)15-8-3-2-4-9-15/h2-10,12-13,23H,11H2,1H3,(H,19,24). The van der Waals surface area contributed by atoms with Crippen LogP contribution >= 0.6 is 0 Å². The largest absolute Gasteiger partial charge is 0.508 e. The zero-order valence-corrected chi connectivity index (χ0v) is 13.3. The molecule has 6 nitrogen and oxygen atoms in total. The van der Waals surface area contributed by atoms with Crippen molar-refractivity contribution in [2.75, 3.05) is 0 Å². The second kappa shape index (κ2) is 6.95. The molecular formula is C18H18N4O2. The summed E-state index contributed by atoms with van der Waals surface area (Å²) in [5.41, 5.74) is 2.17. The van der Waals surface area contributed by atoms with E-state index in [4.69, 9.17) is 0 Å². The van der Waals surface area contributed by atoms with Crippen LogP contribution in [0, 0.1) is 0 Å². The van der Waals surface area contributed by atoms with Crippen LogP contribution in [-0.2, 0) is 11.2 Å². The maximum atomic E-state index is 12.1. The van der Waals surface area contributed by atoms with Crippen molar-refractivity contribution in [1.29, 1.82) is 0 Å². The van der Waals surface area contributed by atoms with Crippen LogP contribution in [0.15, 0.2) is 60.8 Å². The average Bonchev–Trinajstić information content (AvgIpc) is 3.08. The second-order valence-corrected chi connectivity index (χ2v) is 5.52. The van der Waals surface area contributed by atoms with Crippen molar-refractivity contribution >= 4 is 5.91 Å². The van der Waals surface area contributed by atoms with Gasteiger partial charge in [0.05, 0.1) is 24.3 Å². The Hall–Kier alpha value is -3.15. The smallest absolute Gasteiger partial charge is 0.225 e. The van der Waals surface area contributed by atoms with Crippen molar-refractivity contribution in [3.05, 3.63) is 72.1 Å². The normalized spacial score (nSPS) is 11.9. The van der Waals surface area contributed by atoms with Crippen LogP contribution in [0.3, 0.4) is 0 Å². The van der Waals surface area contributed by atoms with Crippen molar-refractivity contribution in [2.45, 2.75) is 19.4 Å². The van der Waals surface area contributed by atoms with E-state index in [-0.39, 0.29) is 24.1 Å². The summed E-state index contributed by atoms with van der Waals surface area (Å²) in [6.45, 7) is 1.85. The van der Waals surface area contributed by atoms with Crippen LogP contribution in [0.2, 0.25) is 0 Å². The molecule has 0 saturated carbocycles. The van der Waals surface area contributed by atoms with Crippen LogP contribution in [-0.4, -0.2) is 26.0 Å². The molecule has 3 aromatic rings. The van der Waals surface area contributed by atoms with Gasteiger partial charge in [-0.2, -0.15) is 0 Å². The Morgan fingerprint density at radius 3 is 2.62 bits per heavy atom. The van der Waals surface area contributed by atoms with Gasteiger partial charge in [0.25, 0.3) is 0 Å². The summed E-state index contributed by atoms with van der Waals surface area (Å²) < 4.78 is 1.67. The van der Waals surface area contributed by atoms with Gasteiger partial charge in [-0.1, -0.05) is 41.6 Å². The second-order valence-electron chi connectivity index (χ2n) is 5.52. The third kappa shape index (κ3) is 3.60. The number of rotatable bonds is 5. The summed E-state index contributed by atoms with van der Waals surface area (Å²) in [6.07, 6.45) is 1.91. The first-order valence-electron chi connectivity index (χ1n) is 7.67. The first-order valence-corrected chi connectivity index (χ1v) is 7.67. The first-order chi connectivity index (χ1) is 11.6. The summed E-state index contributed by atoms with van der Waals surface area (Å²) in [6, 6.07) is 16.2. The topological polar surface area (TPSA) is 80.0 Å². The van der Waals surface area contributed by atoms with Crippen LogP contribution in [0.5, 0.6) is 5.75 Å². The van der Waals surface area contributed by atoms with Crippen molar-refractivity contribution in [1.82, 2.24) is 20.3 Å². The van der Waals surface area contributed by atoms with Crippen LogP contribution in [0.1, 0.15) is 24.2 Å². The molecule has 1 amide bonds. The molecule has 0 fully saturated rings. The van der Waals surface area contributed by atoms with Gasteiger partial charge >= 0.3 is 0 Å². The summed E-state index contributed by atoms with van der Waals surface area (Å²) in [5, 5.41) is 20.8. The number of carbonyl (C=O) groups excluding carboxylic acids is 1. The van der Waals surface area contributed by atoms with Gasteiger partial charge < -0.3 is 10.4 Å². The SMILES string of the molecule is CC(NC(=O)Cc1ccccc1O)c1cn(-c2ccccc2)nn1. The number of nitrogens with one attached hydrogen (secondary N) is 1. The fourth-order valence-electron chi connectivity index (χ4n) is 2.38. The molecule has 2 N–H and O–H groups in total. The lowest BCUT2D eigenvalue weighted by Crippen LogP contribution is -2.28. The molecule has 1 aromatic heterocycles. The minimum atomic E-state index is -0.277. The Labute approximate surface area is 139 Å². The van der Waals surface area contributed by atoms with Crippen LogP contribution in [0.25, 0.3) is 5.69 Å². The lowest BCUT2D eigenvalue weighted by Gasteiger charge is -2.11. The first kappa shape index (κ1) is 15.7. The average molecular weight is 322 g/mol. The fraction of sp³-hybridized carbons (Fsp3) is 0.167. The quantitative estimate of drug-likeness (QED) is 0.756. The molecule has 1 heterocycles. The third-order valence-electron chi connectivity index (χ3n) is 3.70. The number of para-hydroxylation sites is 2. The van der Waals surface area contributed by atoms with Crippen molar-refractivity contribution in [3.8, 4) is 11.4 Å². The highest BCUT2D eigenvalue weighted by Gasteiger charge is 2.15. The molecule has 0 saturated heterocycles. The minimum absolute atomic E-state index is 0.115. The van der Waals surface area contributed by atoms with Gasteiger partial charge in [-0.3, -0.25) is 4.79 Å². The van der Waals surface area contributed by atoms with E-state index in [2.05, 4.69) is 15.6 Å². The number of amides is 1. The van der Waals surface area contributed by atoms with E-state index in [0.717, 1.165) is 5.69 Å². The molecular weight excluding hydrogens is 304 g/mol. The predicted octanol–water partition coefficient (Wildman–Crippen LogP) is 2.39. The zero-order valence-electron chi connectivity index (χ0n) is 13.3. The van der Waals surface area contributed by atoms with E-state index < -0.39 is 0 Å². The maximum absolute atomic E-state index is 12.1. The molecule has 3 rings (SSSR count).